The Labute approximate surface area is 105 Å². The third-order valence-corrected chi connectivity index (χ3v) is 1.61. The molecule has 0 bridgehead atoms. The minimum absolute atomic E-state index is 0.0732. The molecule has 1 heterocycles. The number of rotatable bonds is 4. The fraction of sp³-hybridized carbons (Fsp3) is 0.500. The van der Waals surface area contributed by atoms with Gasteiger partial charge in [-0.05, 0) is 13.0 Å². The number of alkyl halides is 2. The number of aryl methyl sites for hydroxylation is 1. The Hall–Kier alpha value is -1.72. The number of nitrogens with one attached hydrogen (secondary N) is 1. The molecule has 0 radical (unpaired) electrons. The molecule has 6 heteroatoms. The normalized spacial score (nSPS) is 9.50. The van der Waals surface area contributed by atoms with E-state index in [4.69, 9.17) is 4.74 Å². The summed E-state index contributed by atoms with van der Waals surface area (Å²) in [6.07, 6.45) is -2.55. The van der Waals surface area contributed by atoms with Gasteiger partial charge in [-0.25, -0.2) is 13.8 Å². The van der Waals surface area contributed by atoms with Crippen molar-refractivity contribution in [1.82, 2.24) is 4.98 Å². The van der Waals surface area contributed by atoms with E-state index < -0.39 is 13.0 Å². The molecule has 0 aliphatic carbocycles. The van der Waals surface area contributed by atoms with Gasteiger partial charge < -0.3 is 10.1 Å². The average Bonchev–Trinajstić information content (AvgIpc) is 2.27. The molecular weight excluding hydrogens is 242 g/mol. The quantitative estimate of drug-likeness (QED) is 0.905. The minimum Gasteiger partial charge on any atom is -0.472 e. The van der Waals surface area contributed by atoms with Crippen LogP contribution in [0, 0.1) is 6.92 Å². The van der Waals surface area contributed by atoms with Crippen LogP contribution >= 0.6 is 0 Å². The number of pyridine rings is 1. The van der Waals surface area contributed by atoms with Crippen LogP contribution in [0.1, 0.15) is 26.5 Å². The van der Waals surface area contributed by atoms with Gasteiger partial charge in [0.25, 0.3) is 6.43 Å². The second-order valence-electron chi connectivity index (χ2n) is 3.22. The van der Waals surface area contributed by atoms with E-state index in [2.05, 4.69) is 10.3 Å². The highest BCUT2D eigenvalue weighted by Gasteiger charge is 2.06. The molecule has 0 aromatic carbocycles. The number of hydrogen-bond acceptors (Lipinski definition) is 3. The van der Waals surface area contributed by atoms with Crippen LogP contribution in [0.25, 0.3) is 0 Å². The van der Waals surface area contributed by atoms with Crippen molar-refractivity contribution >= 4 is 11.6 Å². The van der Waals surface area contributed by atoms with E-state index in [1.807, 2.05) is 13.8 Å². The third-order valence-electron chi connectivity index (χ3n) is 1.61. The molecule has 0 aliphatic heterocycles. The van der Waals surface area contributed by atoms with Crippen molar-refractivity contribution in [3.05, 3.63) is 17.8 Å². The van der Waals surface area contributed by atoms with Crippen molar-refractivity contribution in [2.24, 2.45) is 0 Å². The number of carbonyl (C=O) groups is 1. The van der Waals surface area contributed by atoms with Crippen LogP contribution < -0.4 is 10.1 Å². The van der Waals surface area contributed by atoms with Crippen LogP contribution in [-0.2, 0) is 4.79 Å². The van der Waals surface area contributed by atoms with Gasteiger partial charge in [-0.1, -0.05) is 13.8 Å². The Balaban J connectivity index is 0.00000137. The lowest BCUT2D eigenvalue weighted by molar-refractivity contribution is -0.114. The maximum absolute atomic E-state index is 11.9. The van der Waals surface area contributed by atoms with Gasteiger partial charge in [0.05, 0.1) is 0 Å². The number of hydrogen-bond donors (Lipinski definition) is 1. The second kappa shape index (κ2) is 8.38. The first-order valence-corrected chi connectivity index (χ1v) is 5.64. The van der Waals surface area contributed by atoms with Gasteiger partial charge in [-0.15, -0.1) is 0 Å². The number of amides is 1. The molecule has 1 aromatic rings. The zero-order valence-corrected chi connectivity index (χ0v) is 11.0. The Morgan fingerprint density at radius 2 is 2.06 bits per heavy atom. The summed E-state index contributed by atoms with van der Waals surface area (Å²) in [5, 5.41) is 2.53. The largest absolute Gasteiger partial charge is 0.472 e. The monoisotopic (exact) mass is 260 g/mol. The molecule has 0 saturated carbocycles. The zero-order valence-electron chi connectivity index (χ0n) is 11.0. The Morgan fingerprint density at radius 1 is 1.44 bits per heavy atom. The van der Waals surface area contributed by atoms with E-state index in [-0.39, 0.29) is 11.8 Å². The van der Waals surface area contributed by atoms with Gasteiger partial charge in [-0.3, -0.25) is 4.79 Å². The molecule has 1 N–H and O–H groups in total. The average molecular weight is 260 g/mol. The Morgan fingerprint density at radius 3 is 2.56 bits per heavy atom. The van der Waals surface area contributed by atoms with Gasteiger partial charge in [0.2, 0.25) is 11.8 Å². The zero-order chi connectivity index (χ0) is 14.1. The first kappa shape index (κ1) is 16.3. The summed E-state index contributed by atoms with van der Waals surface area (Å²) in [6.45, 7) is 6.33. The van der Waals surface area contributed by atoms with Crippen molar-refractivity contribution in [3.63, 3.8) is 0 Å². The molecule has 0 fully saturated rings. The maximum atomic E-state index is 11.9. The van der Waals surface area contributed by atoms with Crippen LogP contribution in [0.5, 0.6) is 5.88 Å². The highest BCUT2D eigenvalue weighted by atomic mass is 19.3. The fourth-order valence-corrected chi connectivity index (χ4v) is 1.14. The molecular formula is C12H18F2N2O2. The number of anilines is 1. The van der Waals surface area contributed by atoms with Crippen molar-refractivity contribution < 1.29 is 18.3 Å². The summed E-state index contributed by atoms with van der Waals surface area (Å²) in [5.41, 5.74) is 1.06. The molecule has 1 amide bonds. The minimum atomic E-state index is -2.55. The maximum Gasteiger partial charge on any atom is 0.272 e. The predicted molar refractivity (Wildman–Crippen MR) is 66.1 cm³/mol. The SMILES string of the molecule is CC.CC(=O)Nc1cc(C)nc(OCC(F)F)c1. The molecule has 102 valence electrons. The number of carbonyl (C=O) groups excluding carboxylic acids is 1. The summed E-state index contributed by atoms with van der Waals surface area (Å²) in [6, 6.07) is 3.02. The van der Waals surface area contributed by atoms with E-state index in [0.29, 0.717) is 11.4 Å². The molecule has 4 nitrogen and oxygen atoms in total. The molecule has 0 aliphatic rings. The molecule has 0 saturated heterocycles. The van der Waals surface area contributed by atoms with Crippen molar-refractivity contribution in [1.29, 1.82) is 0 Å². The standard InChI is InChI=1S/C10H12F2N2O2.C2H6/c1-6-3-8(14-7(2)15)4-10(13-6)16-5-9(11)12;1-2/h3-4,9H,5H2,1-2H3,(H,13,14,15);1-2H3. The van der Waals surface area contributed by atoms with Gasteiger partial charge in [0.15, 0.2) is 6.61 Å². The molecule has 0 spiro atoms. The first-order chi connectivity index (χ1) is 8.47. The number of ether oxygens (including phenoxy) is 1. The topological polar surface area (TPSA) is 51.2 Å². The van der Waals surface area contributed by atoms with E-state index in [9.17, 15) is 13.6 Å². The smallest absolute Gasteiger partial charge is 0.272 e. The van der Waals surface area contributed by atoms with E-state index in [0.717, 1.165) is 0 Å². The lowest BCUT2D eigenvalue weighted by atomic mass is 10.3. The summed E-state index contributed by atoms with van der Waals surface area (Å²) < 4.78 is 28.6. The third kappa shape index (κ3) is 6.78. The van der Waals surface area contributed by atoms with E-state index in [1.54, 1.807) is 13.0 Å². The van der Waals surface area contributed by atoms with E-state index in [1.165, 1.54) is 13.0 Å². The van der Waals surface area contributed by atoms with Crippen LogP contribution in [0.2, 0.25) is 0 Å². The summed E-state index contributed by atoms with van der Waals surface area (Å²) in [5.74, 6) is -0.172. The molecule has 1 rings (SSSR count). The Bertz CT molecular complexity index is 384. The summed E-state index contributed by atoms with van der Waals surface area (Å²) in [7, 11) is 0. The summed E-state index contributed by atoms with van der Waals surface area (Å²) in [4.78, 5) is 14.7. The van der Waals surface area contributed by atoms with Gasteiger partial charge in [0.1, 0.15) is 0 Å². The highest BCUT2D eigenvalue weighted by Crippen LogP contribution is 2.17. The lowest BCUT2D eigenvalue weighted by Crippen LogP contribution is -2.10. The van der Waals surface area contributed by atoms with Gasteiger partial charge in [-0.2, -0.15) is 0 Å². The van der Waals surface area contributed by atoms with Gasteiger partial charge >= 0.3 is 0 Å². The van der Waals surface area contributed by atoms with Crippen LogP contribution in [-0.4, -0.2) is 23.9 Å². The number of nitrogens with zero attached hydrogens (tertiary/aromatic N) is 1. The number of halogens is 2. The molecule has 1 aromatic heterocycles. The molecule has 18 heavy (non-hydrogen) atoms. The summed E-state index contributed by atoms with van der Waals surface area (Å²) >= 11 is 0. The van der Waals surface area contributed by atoms with Crippen molar-refractivity contribution in [2.75, 3.05) is 11.9 Å². The fourth-order valence-electron chi connectivity index (χ4n) is 1.14. The van der Waals surface area contributed by atoms with Crippen molar-refractivity contribution in [3.8, 4) is 5.88 Å². The van der Waals surface area contributed by atoms with Crippen LogP contribution in [0.3, 0.4) is 0 Å². The second-order valence-corrected chi connectivity index (χ2v) is 3.22. The number of aromatic nitrogens is 1. The van der Waals surface area contributed by atoms with Crippen LogP contribution in [0.15, 0.2) is 12.1 Å². The highest BCUT2D eigenvalue weighted by molar-refractivity contribution is 5.88. The van der Waals surface area contributed by atoms with Gasteiger partial charge in [0, 0.05) is 24.4 Å². The van der Waals surface area contributed by atoms with Crippen LogP contribution in [0.4, 0.5) is 14.5 Å². The predicted octanol–water partition coefficient (Wildman–Crippen LogP) is 3.02. The Kier molecular flexibility index (Phi) is 7.58. The van der Waals surface area contributed by atoms with E-state index >= 15 is 0 Å². The lowest BCUT2D eigenvalue weighted by Gasteiger charge is -2.08. The molecule has 0 unspecified atom stereocenters. The van der Waals surface area contributed by atoms with Crippen molar-refractivity contribution in [2.45, 2.75) is 34.1 Å². The first-order valence-electron chi connectivity index (χ1n) is 5.64. The molecule has 0 atom stereocenters.